The Hall–Kier alpha value is -4.46. The highest BCUT2D eigenvalue weighted by molar-refractivity contribution is 6.24. The lowest BCUT2D eigenvalue weighted by Crippen LogP contribution is -2.55. The Kier molecular flexibility index (Phi) is 6.71. The molecule has 1 saturated carbocycles. The second kappa shape index (κ2) is 10.1. The summed E-state index contributed by atoms with van der Waals surface area (Å²) in [5.41, 5.74) is 0.412. The summed E-state index contributed by atoms with van der Waals surface area (Å²) in [4.78, 5) is 60.2. The topological polar surface area (TPSA) is 93.2 Å². The molecule has 222 valence electrons. The molecule has 6 rings (SSSR count). The minimum Gasteiger partial charge on any atom is -0.466 e. The van der Waals surface area contributed by atoms with Crippen molar-refractivity contribution in [3.8, 4) is 0 Å². The highest BCUT2D eigenvalue weighted by atomic mass is 16.6. The molecule has 2 spiro atoms. The molecule has 0 unspecified atom stereocenters. The normalized spacial score (nSPS) is 24.1. The molecule has 1 aliphatic carbocycles. The van der Waals surface area contributed by atoms with Gasteiger partial charge in [-0.3, -0.25) is 14.4 Å². The number of carbonyl (C=O) groups excluding carboxylic acids is 4. The standard InChI is InChI=1S/C35H36N2O6/c1-6-42-29(38)28-34(24-14-10-11-15-26(24)36(30(34)39)21-23-12-8-7-9-13-23)18-19-35(28)25-20-22(2)16-17-27(25)37(31(35)40)32(41)43-33(3,4)5/h7-17,20,28H,6,18-19,21H2,1-5H3/t28-,34+,35-/m0/s1. The highest BCUT2D eigenvalue weighted by Gasteiger charge is 2.74. The number of fused-ring (bicyclic) bond motifs is 4. The zero-order valence-corrected chi connectivity index (χ0v) is 25.2. The number of ether oxygens (including phenoxy) is 2. The molecule has 3 aliphatic rings. The summed E-state index contributed by atoms with van der Waals surface area (Å²) in [5, 5.41) is 0. The summed E-state index contributed by atoms with van der Waals surface area (Å²) in [6.07, 6.45) is -0.393. The van der Waals surface area contributed by atoms with E-state index in [0.717, 1.165) is 16.0 Å². The Morgan fingerprint density at radius 1 is 0.860 bits per heavy atom. The van der Waals surface area contributed by atoms with Crippen molar-refractivity contribution in [2.75, 3.05) is 16.4 Å². The van der Waals surface area contributed by atoms with E-state index in [-0.39, 0.29) is 25.4 Å². The van der Waals surface area contributed by atoms with Crippen LogP contribution in [0, 0.1) is 12.8 Å². The van der Waals surface area contributed by atoms with Gasteiger partial charge in [0.15, 0.2) is 0 Å². The number of esters is 1. The van der Waals surface area contributed by atoms with Gasteiger partial charge < -0.3 is 14.4 Å². The molecule has 1 fully saturated rings. The minimum absolute atomic E-state index is 0.0791. The lowest BCUT2D eigenvalue weighted by molar-refractivity contribution is -0.156. The van der Waals surface area contributed by atoms with Crippen LogP contribution in [0.15, 0.2) is 72.8 Å². The van der Waals surface area contributed by atoms with Crippen molar-refractivity contribution >= 4 is 35.3 Å². The third-order valence-electron chi connectivity index (χ3n) is 8.94. The SMILES string of the molecule is CCOC(=O)[C@@H]1[C@@]2(CC[C@]13C(=O)N(Cc1ccccc1)c1ccccc13)C(=O)N(C(=O)OC(C)(C)C)c1ccc(C)cc12. The summed E-state index contributed by atoms with van der Waals surface area (Å²) in [7, 11) is 0. The predicted molar refractivity (Wildman–Crippen MR) is 162 cm³/mol. The van der Waals surface area contributed by atoms with E-state index in [1.165, 1.54) is 0 Å². The van der Waals surface area contributed by atoms with Crippen molar-refractivity contribution < 1.29 is 28.7 Å². The lowest BCUT2D eigenvalue weighted by Gasteiger charge is -2.36. The van der Waals surface area contributed by atoms with Crippen LogP contribution in [0.25, 0.3) is 0 Å². The van der Waals surface area contributed by atoms with Gasteiger partial charge in [0.05, 0.1) is 35.6 Å². The van der Waals surface area contributed by atoms with Gasteiger partial charge in [-0.25, -0.2) is 9.69 Å². The first kappa shape index (κ1) is 28.6. The monoisotopic (exact) mass is 580 g/mol. The van der Waals surface area contributed by atoms with Crippen molar-refractivity contribution in [3.63, 3.8) is 0 Å². The van der Waals surface area contributed by atoms with Crippen LogP contribution >= 0.6 is 0 Å². The smallest absolute Gasteiger partial charge is 0.421 e. The number of carbonyl (C=O) groups is 4. The first-order chi connectivity index (χ1) is 20.5. The predicted octanol–water partition coefficient (Wildman–Crippen LogP) is 5.97. The molecule has 2 heterocycles. The number of hydrogen-bond donors (Lipinski definition) is 0. The van der Waals surface area contributed by atoms with Crippen LogP contribution in [0.5, 0.6) is 0 Å². The summed E-state index contributed by atoms with van der Waals surface area (Å²) in [6, 6.07) is 22.6. The molecule has 8 heteroatoms. The number of para-hydroxylation sites is 1. The number of imide groups is 1. The molecule has 8 nitrogen and oxygen atoms in total. The van der Waals surface area contributed by atoms with Crippen molar-refractivity contribution in [2.24, 2.45) is 5.92 Å². The maximum atomic E-state index is 14.8. The first-order valence-electron chi connectivity index (χ1n) is 14.8. The van der Waals surface area contributed by atoms with E-state index < -0.39 is 40.3 Å². The van der Waals surface area contributed by atoms with Crippen molar-refractivity contribution in [3.05, 3.63) is 95.1 Å². The van der Waals surface area contributed by atoms with Crippen molar-refractivity contribution in [1.82, 2.24) is 0 Å². The van der Waals surface area contributed by atoms with E-state index in [9.17, 15) is 19.2 Å². The Labute approximate surface area is 251 Å². The van der Waals surface area contributed by atoms with Crippen LogP contribution in [-0.4, -0.2) is 36.1 Å². The molecule has 43 heavy (non-hydrogen) atoms. The number of benzene rings is 3. The van der Waals surface area contributed by atoms with Crippen molar-refractivity contribution in [2.45, 2.75) is 70.4 Å². The molecular formula is C35H36N2O6. The average Bonchev–Trinajstić information content (AvgIpc) is 3.53. The fraction of sp³-hybridized carbons (Fsp3) is 0.371. The first-order valence-corrected chi connectivity index (χ1v) is 14.8. The fourth-order valence-electron chi connectivity index (χ4n) is 7.36. The number of hydrogen-bond acceptors (Lipinski definition) is 6. The summed E-state index contributed by atoms with van der Waals surface area (Å²) in [5.74, 6) is -2.64. The van der Waals surface area contributed by atoms with Crippen LogP contribution < -0.4 is 9.80 Å². The number of anilines is 2. The van der Waals surface area contributed by atoms with Crippen LogP contribution in [0.4, 0.5) is 16.2 Å². The minimum atomic E-state index is -1.50. The third kappa shape index (κ3) is 4.18. The van der Waals surface area contributed by atoms with E-state index in [0.29, 0.717) is 29.0 Å². The van der Waals surface area contributed by atoms with Crippen LogP contribution in [0.2, 0.25) is 0 Å². The van der Waals surface area contributed by atoms with E-state index in [4.69, 9.17) is 9.47 Å². The molecular weight excluding hydrogens is 544 g/mol. The van der Waals surface area contributed by atoms with Crippen LogP contribution in [-0.2, 0) is 41.2 Å². The highest BCUT2D eigenvalue weighted by Crippen LogP contribution is 2.65. The molecule has 0 N–H and O–H groups in total. The zero-order chi connectivity index (χ0) is 30.7. The Morgan fingerprint density at radius 3 is 2.19 bits per heavy atom. The Bertz CT molecular complexity index is 1640. The van der Waals surface area contributed by atoms with E-state index in [2.05, 4.69) is 0 Å². The number of aryl methyl sites for hydroxylation is 1. The quantitative estimate of drug-likeness (QED) is 0.353. The molecule has 3 amide bonds. The molecule has 3 aromatic carbocycles. The van der Waals surface area contributed by atoms with Gasteiger partial charge in [0.25, 0.3) is 0 Å². The Morgan fingerprint density at radius 2 is 1.51 bits per heavy atom. The largest absolute Gasteiger partial charge is 0.466 e. The maximum absolute atomic E-state index is 14.8. The second-order valence-corrected chi connectivity index (χ2v) is 12.7. The van der Waals surface area contributed by atoms with Gasteiger partial charge in [0, 0.05) is 5.69 Å². The number of nitrogens with zero attached hydrogens (tertiary/aromatic N) is 2. The average molecular weight is 581 g/mol. The van der Waals surface area contributed by atoms with Gasteiger partial charge in [0.1, 0.15) is 5.60 Å². The molecule has 0 radical (unpaired) electrons. The van der Waals surface area contributed by atoms with Crippen LogP contribution in [0.1, 0.15) is 62.8 Å². The molecule has 3 atom stereocenters. The summed E-state index contributed by atoms with van der Waals surface area (Å²) < 4.78 is 11.4. The third-order valence-corrected chi connectivity index (χ3v) is 8.94. The van der Waals surface area contributed by atoms with Gasteiger partial charge >= 0.3 is 12.1 Å². The zero-order valence-electron chi connectivity index (χ0n) is 25.2. The van der Waals surface area contributed by atoms with Gasteiger partial charge in [0.2, 0.25) is 11.8 Å². The fourth-order valence-corrected chi connectivity index (χ4v) is 7.36. The summed E-state index contributed by atoms with van der Waals surface area (Å²) >= 11 is 0. The second-order valence-electron chi connectivity index (χ2n) is 12.7. The van der Waals surface area contributed by atoms with Crippen LogP contribution in [0.3, 0.4) is 0 Å². The van der Waals surface area contributed by atoms with Gasteiger partial charge in [-0.1, -0.05) is 66.2 Å². The van der Waals surface area contributed by atoms with E-state index in [1.54, 1.807) is 38.7 Å². The van der Waals surface area contributed by atoms with Gasteiger partial charge in [-0.05, 0) is 76.3 Å². The molecule has 0 saturated heterocycles. The number of amides is 3. The summed E-state index contributed by atoms with van der Waals surface area (Å²) in [6.45, 7) is 9.21. The maximum Gasteiger partial charge on any atom is 0.421 e. The molecule has 0 aromatic heterocycles. The van der Waals surface area contributed by atoms with Gasteiger partial charge in [-0.2, -0.15) is 0 Å². The number of rotatable bonds is 4. The lowest BCUT2D eigenvalue weighted by atomic mass is 9.63. The molecule has 0 bridgehead atoms. The molecule has 2 aliphatic heterocycles. The Balaban J connectivity index is 1.56. The van der Waals surface area contributed by atoms with Gasteiger partial charge in [-0.15, -0.1) is 0 Å². The molecule has 3 aromatic rings. The van der Waals surface area contributed by atoms with E-state index in [1.807, 2.05) is 73.7 Å². The van der Waals surface area contributed by atoms with E-state index >= 15 is 0 Å². The van der Waals surface area contributed by atoms with Crippen molar-refractivity contribution in [1.29, 1.82) is 0 Å².